The Morgan fingerprint density at radius 1 is 1.27 bits per heavy atom. The van der Waals surface area contributed by atoms with Crippen molar-refractivity contribution in [1.82, 2.24) is 25.6 Å². The first kappa shape index (κ1) is 22.5. The van der Waals surface area contributed by atoms with Crippen molar-refractivity contribution in [3.8, 4) is 0 Å². The zero-order valence-electron chi connectivity index (χ0n) is 16.2. The second-order valence-electron chi connectivity index (χ2n) is 6.15. The van der Waals surface area contributed by atoms with E-state index in [1.807, 2.05) is 16.9 Å². The molecule has 2 heterocycles. The molecule has 0 aliphatic carbocycles. The highest BCUT2D eigenvalue weighted by Crippen LogP contribution is 2.16. The lowest BCUT2D eigenvalue weighted by molar-refractivity contribution is 0.380. The Balaban J connectivity index is 0.00000338. The van der Waals surface area contributed by atoms with Crippen LogP contribution in [-0.2, 0) is 25.9 Å². The van der Waals surface area contributed by atoms with E-state index in [0.717, 1.165) is 55.5 Å². The Bertz CT molecular complexity index is 631. The number of hydrogen-bond acceptors (Lipinski definition) is 4. The van der Waals surface area contributed by atoms with Crippen molar-refractivity contribution in [2.75, 3.05) is 13.1 Å². The predicted octanol–water partition coefficient (Wildman–Crippen LogP) is 3.01. The monoisotopic (exact) mass is 474 g/mol. The van der Waals surface area contributed by atoms with Gasteiger partial charge in [-0.15, -0.1) is 24.0 Å². The number of aromatic nitrogens is 3. The molecule has 1 atom stereocenters. The molecule has 2 N–H and O–H groups in total. The van der Waals surface area contributed by atoms with Gasteiger partial charge in [-0.1, -0.05) is 25.9 Å². The number of rotatable bonds is 9. The van der Waals surface area contributed by atoms with Crippen molar-refractivity contribution in [2.24, 2.45) is 10.9 Å². The van der Waals surface area contributed by atoms with Crippen molar-refractivity contribution >= 4 is 29.9 Å². The van der Waals surface area contributed by atoms with Gasteiger partial charge in [-0.25, -0.2) is 4.99 Å². The first-order chi connectivity index (χ1) is 12.2. The Morgan fingerprint density at radius 2 is 2.08 bits per heavy atom. The van der Waals surface area contributed by atoms with Crippen LogP contribution in [0.3, 0.4) is 0 Å². The van der Waals surface area contributed by atoms with Crippen molar-refractivity contribution in [3.63, 3.8) is 0 Å². The summed E-state index contributed by atoms with van der Waals surface area (Å²) < 4.78 is 7.37. The van der Waals surface area contributed by atoms with Crippen molar-refractivity contribution in [3.05, 3.63) is 35.5 Å². The lowest BCUT2D eigenvalue weighted by Crippen LogP contribution is -2.40. The minimum Gasteiger partial charge on any atom is -0.361 e. The molecule has 7 nitrogen and oxygen atoms in total. The smallest absolute Gasteiger partial charge is 0.191 e. The van der Waals surface area contributed by atoms with Gasteiger partial charge in [0.25, 0.3) is 0 Å². The molecule has 0 bridgehead atoms. The Hall–Kier alpha value is -1.58. The second-order valence-corrected chi connectivity index (χ2v) is 6.15. The van der Waals surface area contributed by atoms with Gasteiger partial charge in [0.2, 0.25) is 0 Å². The quantitative estimate of drug-likeness (QED) is 0.332. The third-order valence-corrected chi connectivity index (χ3v) is 4.02. The fourth-order valence-corrected chi connectivity index (χ4v) is 2.68. The van der Waals surface area contributed by atoms with Crippen LogP contribution < -0.4 is 10.6 Å². The van der Waals surface area contributed by atoms with Crippen LogP contribution in [0.25, 0.3) is 0 Å². The summed E-state index contributed by atoms with van der Waals surface area (Å²) in [5, 5.41) is 15.1. The fourth-order valence-electron chi connectivity index (χ4n) is 2.68. The summed E-state index contributed by atoms with van der Waals surface area (Å²) in [6, 6.07) is 1.95. The first-order valence-electron chi connectivity index (χ1n) is 9.13. The third kappa shape index (κ3) is 6.62. The largest absolute Gasteiger partial charge is 0.361 e. The molecular formula is C18H31IN6O. The fraction of sp³-hybridized carbons (Fsp3) is 0.611. The van der Waals surface area contributed by atoms with Crippen molar-refractivity contribution in [2.45, 2.75) is 53.6 Å². The van der Waals surface area contributed by atoms with Crippen LogP contribution in [-0.4, -0.2) is 34.0 Å². The molecule has 0 aromatic carbocycles. The van der Waals surface area contributed by atoms with E-state index in [1.54, 1.807) is 6.20 Å². The highest BCUT2D eigenvalue weighted by Gasteiger charge is 2.13. The van der Waals surface area contributed by atoms with Gasteiger partial charge >= 0.3 is 0 Å². The summed E-state index contributed by atoms with van der Waals surface area (Å²) >= 11 is 0. The van der Waals surface area contributed by atoms with E-state index in [1.165, 1.54) is 0 Å². The van der Waals surface area contributed by atoms with Crippen LogP contribution in [0.4, 0.5) is 0 Å². The minimum absolute atomic E-state index is 0. The van der Waals surface area contributed by atoms with Crippen LogP contribution in [0, 0.1) is 5.92 Å². The van der Waals surface area contributed by atoms with Crippen molar-refractivity contribution < 1.29 is 4.52 Å². The van der Waals surface area contributed by atoms with Crippen LogP contribution in [0.5, 0.6) is 0 Å². The summed E-state index contributed by atoms with van der Waals surface area (Å²) in [6.07, 6.45) is 5.49. The molecule has 0 amide bonds. The molecule has 0 spiro atoms. The summed E-state index contributed by atoms with van der Waals surface area (Å²) in [7, 11) is 0. The summed E-state index contributed by atoms with van der Waals surface area (Å²) in [4.78, 5) is 4.71. The van der Waals surface area contributed by atoms with E-state index in [4.69, 9.17) is 9.52 Å². The summed E-state index contributed by atoms with van der Waals surface area (Å²) in [6.45, 7) is 11.5. The zero-order chi connectivity index (χ0) is 18.1. The average Bonchev–Trinajstić information content (AvgIpc) is 3.26. The second kappa shape index (κ2) is 11.9. The number of aliphatic imine (C=N–C) groups is 1. The topological polar surface area (TPSA) is 80.3 Å². The number of nitrogens with one attached hydrogen (secondary N) is 2. The molecule has 2 rings (SSSR count). The SMILES string of the molecule is CCNC(=NCc1c(CC)noc1CC)NCC(C)Cn1cccn1.I. The van der Waals surface area contributed by atoms with E-state index < -0.39 is 0 Å². The van der Waals surface area contributed by atoms with Crippen LogP contribution in [0.15, 0.2) is 28.0 Å². The van der Waals surface area contributed by atoms with Gasteiger partial charge < -0.3 is 15.2 Å². The molecule has 8 heteroatoms. The summed E-state index contributed by atoms with van der Waals surface area (Å²) in [5.41, 5.74) is 2.12. The molecule has 0 aliphatic rings. The number of aryl methyl sites for hydroxylation is 2. The molecule has 0 fully saturated rings. The number of guanidine groups is 1. The van der Waals surface area contributed by atoms with Crippen LogP contribution in [0.1, 0.15) is 44.7 Å². The Kier molecular flexibility index (Phi) is 10.3. The van der Waals surface area contributed by atoms with Crippen LogP contribution >= 0.6 is 24.0 Å². The van der Waals surface area contributed by atoms with Gasteiger partial charge in [-0.3, -0.25) is 4.68 Å². The van der Waals surface area contributed by atoms with E-state index in [0.29, 0.717) is 12.5 Å². The van der Waals surface area contributed by atoms with E-state index >= 15 is 0 Å². The Morgan fingerprint density at radius 3 is 2.69 bits per heavy atom. The molecule has 1 unspecified atom stereocenters. The number of hydrogen-bond donors (Lipinski definition) is 2. The zero-order valence-corrected chi connectivity index (χ0v) is 18.5. The normalized spacial score (nSPS) is 12.5. The third-order valence-electron chi connectivity index (χ3n) is 4.02. The van der Waals surface area contributed by atoms with E-state index in [2.05, 4.69) is 48.6 Å². The summed E-state index contributed by atoms with van der Waals surface area (Å²) in [5.74, 6) is 2.19. The number of nitrogens with zero attached hydrogens (tertiary/aromatic N) is 4. The molecule has 2 aromatic heterocycles. The van der Waals surface area contributed by atoms with Gasteiger partial charge in [0.15, 0.2) is 5.96 Å². The van der Waals surface area contributed by atoms with Gasteiger partial charge in [0.05, 0.1) is 12.2 Å². The van der Waals surface area contributed by atoms with Gasteiger partial charge in [0.1, 0.15) is 5.76 Å². The van der Waals surface area contributed by atoms with Gasteiger partial charge in [-0.2, -0.15) is 5.10 Å². The molecule has 26 heavy (non-hydrogen) atoms. The highest BCUT2D eigenvalue weighted by atomic mass is 127. The first-order valence-corrected chi connectivity index (χ1v) is 9.13. The molecule has 0 aliphatic heterocycles. The van der Waals surface area contributed by atoms with E-state index in [9.17, 15) is 0 Å². The predicted molar refractivity (Wildman–Crippen MR) is 115 cm³/mol. The lowest BCUT2D eigenvalue weighted by Gasteiger charge is -2.16. The molecular weight excluding hydrogens is 443 g/mol. The maximum Gasteiger partial charge on any atom is 0.191 e. The maximum absolute atomic E-state index is 5.42. The lowest BCUT2D eigenvalue weighted by atomic mass is 10.1. The average molecular weight is 474 g/mol. The minimum atomic E-state index is 0. The number of halogens is 1. The maximum atomic E-state index is 5.42. The molecule has 0 radical (unpaired) electrons. The standard InChI is InChI=1S/C18H30N6O.HI/c1-5-16-15(17(6-2)25-23-16)12-21-18(19-7-3)20-11-14(4)13-24-10-8-9-22-24;/h8-10,14H,5-7,11-13H2,1-4H3,(H2,19,20,21);1H. The molecule has 2 aromatic rings. The molecule has 146 valence electrons. The Labute approximate surface area is 173 Å². The highest BCUT2D eigenvalue weighted by molar-refractivity contribution is 14.0. The molecule has 0 saturated heterocycles. The van der Waals surface area contributed by atoms with Crippen LogP contribution in [0.2, 0.25) is 0 Å². The molecule has 0 saturated carbocycles. The van der Waals surface area contributed by atoms with Gasteiger partial charge in [-0.05, 0) is 25.3 Å². The van der Waals surface area contributed by atoms with E-state index in [-0.39, 0.29) is 24.0 Å². The van der Waals surface area contributed by atoms with Crippen molar-refractivity contribution in [1.29, 1.82) is 0 Å². The van der Waals surface area contributed by atoms with Gasteiger partial charge in [0, 0.05) is 44.0 Å².